The number of nitrogens with one attached hydrogen (secondary N) is 1. The Balaban J connectivity index is 2.08. The molecule has 1 aromatic heterocycles. The number of anilines is 1. The topological polar surface area (TPSA) is 24.9 Å². The predicted molar refractivity (Wildman–Crippen MR) is 68.0 cm³/mol. The molecule has 0 amide bonds. The smallest absolute Gasteiger partial charge is 0.366 e. The highest BCUT2D eigenvalue weighted by Crippen LogP contribution is 2.29. The quantitative estimate of drug-likeness (QED) is 0.906. The van der Waals surface area contributed by atoms with Crippen LogP contribution in [0.1, 0.15) is 11.1 Å². The largest absolute Gasteiger partial charge is 0.416 e. The number of halogens is 4. The molecule has 0 spiro atoms. The lowest BCUT2D eigenvalue weighted by atomic mass is 10.2. The molecule has 0 fully saturated rings. The molecule has 2 nitrogen and oxygen atoms in total. The van der Waals surface area contributed by atoms with Crippen LogP contribution in [0.2, 0.25) is 5.02 Å². The Morgan fingerprint density at radius 2 is 1.95 bits per heavy atom. The van der Waals surface area contributed by atoms with Crippen molar-refractivity contribution in [1.29, 1.82) is 0 Å². The van der Waals surface area contributed by atoms with Gasteiger partial charge in [-0.1, -0.05) is 23.7 Å². The van der Waals surface area contributed by atoms with Gasteiger partial charge in [-0.3, -0.25) is 0 Å². The number of alkyl halides is 3. The summed E-state index contributed by atoms with van der Waals surface area (Å²) >= 11 is 5.82. The van der Waals surface area contributed by atoms with Crippen molar-refractivity contribution in [3.05, 3.63) is 58.7 Å². The summed E-state index contributed by atoms with van der Waals surface area (Å²) in [7, 11) is 0. The Hall–Kier alpha value is -1.75. The number of aromatic nitrogens is 1. The second-order valence-corrected chi connectivity index (χ2v) is 4.35. The molecule has 6 heteroatoms. The predicted octanol–water partition coefficient (Wildman–Crippen LogP) is 4.37. The van der Waals surface area contributed by atoms with Gasteiger partial charge in [-0.05, 0) is 29.8 Å². The summed E-state index contributed by atoms with van der Waals surface area (Å²) in [5.41, 5.74) is 0.141. The summed E-state index contributed by atoms with van der Waals surface area (Å²) in [5.74, 6) is 0.176. The van der Waals surface area contributed by atoms with Crippen LogP contribution in [0.25, 0.3) is 0 Å². The van der Waals surface area contributed by atoms with Crippen LogP contribution < -0.4 is 5.32 Å². The van der Waals surface area contributed by atoms with Crippen molar-refractivity contribution in [1.82, 2.24) is 4.98 Å². The summed E-state index contributed by atoms with van der Waals surface area (Å²) in [4.78, 5) is 3.85. The lowest BCUT2D eigenvalue weighted by Gasteiger charge is -2.09. The fourth-order valence-electron chi connectivity index (χ4n) is 1.54. The highest BCUT2D eigenvalue weighted by molar-refractivity contribution is 6.30. The molecule has 2 aromatic rings. The molecular formula is C13H10ClF3N2. The summed E-state index contributed by atoms with van der Waals surface area (Å²) in [6, 6.07) is 8.98. The zero-order chi connectivity index (χ0) is 13.9. The maximum absolute atomic E-state index is 12.5. The van der Waals surface area contributed by atoms with Crippen LogP contribution in [0.5, 0.6) is 0 Å². The molecule has 0 radical (unpaired) electrons. The van der Waals surface area contributed by atoms with Gasteiger partial charge in [0.1, 0.15) is 5.82 Å². The third kappa shape index (κ3) is 3.86. The summed E-state index contributed by atoms with van der Waals surface area (Å²) in [6.07, 6.45) is -3.24. The molecular weight excluding hydrogens is 277 g/mol. The average Bonchev–Trinajstić information content (AvgIpc) is 2.36. The molecule has 0 saturated carbocycles. The number of benzene rings is 1. The van der Waals surface area contributed by atoms with Crippen molar-refractivity contribution in [2.24, 2.45) is 0 Å². The highest BCUT2D eigenvalue weighted by atomic mass is 35.5. The minimum absolute atomic E-state index is 0.176. The fraction of sp³-hybridized carbons (Fsp3) is 0.154. The van der Waals surface area contributed by atoms with Crippen molar-refractivity contribution >= 4 is 17.4 Å². The number of pyridine rings is 1. The Kier molecular flexibility index (Phi) is 3.95. The first-order valence-electron chi connectivity index (χ1n) is 5.47. The van der Waals surface area contributed by atoms with E-state index in [0.29, 0.717) is 11.6 Å². The second kappa shape index (κ2) is 5.48. The second-order valence-electron chi connectivity index (χ2n) is 3.91. The molecule has 0 atom stereocenters. The first kappa shape index (κ1) is 13.7. The third-order valence-electron chi connectivity index (χ3n) is 2.45. The van der Waals surface area contributed by atoms with Crippen molar-refractivity contribution in [2.45, 2.75) is 12.7 Å². The van der Waals surface area contributed by atoms with Crippen molar-refractivity contribution in [3.8, 4) is 0 Å². The van der Waals surface area contributed by atoms with E-state index in [0.717, 1.165) is 23.9 Å². The Labute approximate surface area is 113 Å². The number of hydrogen-bond donors (Lipinski definition) is 1. The van der Waals surface area contributed by atoms with Gasteiger partial charge in [0.15, 0.2) is 0 Å². The van der Waals surface area contributed by atoms with Gasteiger partial charge < -0.3 is 5.32 Å². The molecule has 0 aliphatic rings. The zero-order valence-corrected chi connectivity index (χ0v) is 10.5. The van der Waals surface area contributed by atoms with E-state index in [4.69, 9.17) is 11.6 Å². The normalized spacial score (nSPS) is 11.4. The Bertz CT molecular complexity index is 570. The van der Waals surface area contributed by atoms with Crippen LogP contribution in [0.15, 0.2) is 42.6 Å². The molecule has 1 heterocycles. The number of rotatable bonds is 3. The molecule has 1 N–H and O–H groups in total. The SMILES string of the molecule is FC(F)(F)c1ccnc(NCc2cccc(Cl)c2)c1. The van der Waals surface area contributed by atoms with Gasteiger partial charge in [0.05, 0.1) is 5.56 Å². The molecule has 0 aliphatic carbocycles. The van der Waals surface area contributed by atoms with Gasteiger partial charge in [-0.15, -0.1) is 0 Å². The number of nitrogens with zero attached hydrogens (tertiary/aromatic N) is 1. The van der Waals surface area contributed by atoms with E-state index in [9.17, 15) is 13.2 Å². The first-order chi connectivity index (χ1) is 8.95. The first-order valence-corrected chi connectivity index (χ1v) is 5.84. The van der Waals surface area contributed by atoms with Crippen LogP contribution in [0.4, 0.5) is 19.0 Å². The van der Waals surface area contributed by atoms with E-state index in [-0.39, 0.29) is 5.82 Å². The number of hydrogen-bond acceptors (Lipinski definition) is 2. The molecule has 0 bridgehead atoms. The molecule has 0 saturated heterocycles. The van der Waals surface area contributed by atoms with E-state index in [1.807, 2.05) is 6.07 Å². The van der Waals surface area contributed by atoms with E-state index < -0.39 is 11.7 Å². The monoisotopic (exact) mass is 286 g/mol. The molecule has 19 heavy (non-hydrogen) atoms. The van der Waals surface area contributed by atoms with Gasteiger partial charge in [-0.2, -0.15) is 13.2 Å². The standard InChI is InChI=1S/C13H10ClF3N2/c14-11-3-1-2-9(6-11)8-19-12-7-10(4-5-18-12)13(15,16)17/h1-7H,8H2,(H,18,19). The Morgan fingerprint density at radius 3 is 2.63 bits per heavy atom. The molecule has 0 aliphatic heterocycles. The lowest BCUT2D eigenvalue weighted by Crippen LogP contribution is -2.07. The molecule has 2 rings (SSSR count). The Morgan fingerprint density at radius 1 is 1.16 bits per heavy atom. The van der Waals surface area contributed by atoms with Crippen LogP contribution >= 0.6 is 11.6 Å². The van der Waals surface area contributed by atoms with E-state index >= 15 is 0 Å². The fourth-order valence-corrected chi connectivity index (χ4v) is 1.76. The van der Waals surface area contributed by atoms with Crippen molar-refractivity contribution in [3.63, 3.8) is 0 Å². The van der Waals surface area contributed by atoms with Gasteiger partial charge >= 0.3 is 6.18 Å². The van der Waals surface area contributed by atoms with Crippen LogP contribution in [-0.2, 0) is 12.7 Å². The van der Waals surface area contributed by atoms with Crippen molar-refractivity contribution in [2.75, 3.05) is 5.32 Å². The summed E-state index contributed by atoms with van der Waals surface area (Å²) < 4.78 is 37.5. The van der Waals surface area contributed by atoms with E-state index in [1.165, 1.54) is 0 Å². The summed E-state index contributed by atoms with van der Waals surface area (Å²) in [6.45, 7) is 0.356. The molecule has 100 valence electrons. The van der Waals surface area contributed by atoms with Crippen LogP contribution in [0.3, 0.4) is 0 Å². The van der Waals surface area contributed by atoms with Gasteiger partial charge in [0.2, 0.25) is 0 Å². The molecule has 1 aromatic carbocycles. The zero-order valence-electron chi connectivity index (χ0n) is 9.71. The van der Waals surface area contributed by atoms with Crippen LogP contribution in [-0.4, -0.2) is 4.98 Å². The lowest BCUT2D eigenvalue weighted by molar-refractivity contribution is -0.137. The minimum atomic E-state index is -4.37. The maximum Gasteiger partial charge on any atom is 0.416 e. The van der Waals surface area contributed by atoms with E-state index in [1.54, 1.807) is 18.2 Å². The van der Waals surface area contributed by atoms with Crippen LogP contribution in [0, 0.1) is 0 Å². The summed E-state index contributed by atoms with van der Waals surface area (Å²) in [5, 5.41) is 3.41. The third-order valence-corrected chi connectivity index (χ3v) is 2.69. The van der Waals surface area contributed by atoms with E-state index in [2.05, 4.69) is 10.3 Å². The van der Waals surface area contributed by atoms with Gasteiger partial charge in [0.25, 0.3) is 0 Å². The van der Waals surface area contributed by atoms with Gasteiger partial charge in [-0.25, -0.2) is 4.98 Å². The minimum Gasteiger partial charge on any atom is -0.366 e. The maximum atomic E-state index is 12.5. The van der Waals surface area contributed by atoms with Gasteiger partial charge in [0, 0.05) is 17.8 Å². The van der Waals surface area contributed by atoms with Crippen molar-refractivity contribution < 1.29 is 13.2 Å². The highest BCUT2D eigenvalue weighted by Gasteiger charge is 2.30. The average molecular weight is 287 g/mol. The molecule has 0 unspecified atom stereocenters.